The van der Waals surface area contributed by atoms with Crippen molar-refractivity contribution in [3.63, 3.8) is 0 Å². The lowest BCUT2D eigenvalue weighted by Gasteiger charge is -2.19. The maximum atomic E-state index is 11.7. The van der Waals surface area contributed by atoms with Crippen molar-refractivity contribution in [2.75, 3.05) is 26.5 Å². The summed E-state index contributed by atoms with van der Waals surface area (Å²) in [4.78, 5) is 23.9. The molecule has 0 aliphatic rings. The molecule has 7 heteroatoms. The smallest absolute Gasteiger partial charge is 0.307 e. The van der Waals surface area contributed by atoms with Crippen LogP contribution < -0.4 is 0 Å². The molecule has 0 rings (SSSR count). The van der Waals surface area contributed by atoms with Crippen molar-refractivity contribution in [2.45, 2.75) is 25.5 Å². The largest absolute Gasteiger partial charge is 0.466 e. The summed E-state index contributed by atoms with van der Waals surface area (Å²) in [5, 5.41) is -1.09. The molecular formula is C10H19NO5S. The van der Waals surface area contributed by atoms with Crippen molar-refractivity contribution in [2.24, 2.45) is 0 Å². The number of amides is 1. The first kappa shape index (κ1) is 15.9. The third kappa shape index (κ3) is 5.67. The Balaban J connectivity index is 4.29. The first-order valence-electron chi connectivity index (χ1n) is 5.29. The van der Waals surface area contributed by atoms with E-state index in [4.69, 9.17) is 4.74 Å². The van der Waals surface area contributed by atoms with Gasteiger partial charge in [-0.2, -0.15) is 0 Å². The Kier molecular flexibility index (Phi) is 6.15. The molecule has 0 aromatic heterocycles. The third-order valence-corrected chi connectivity index (χ3v) is 3.81. The van der Waals surface area contributed by atoms with Gasteiger partial charge in [0, 0.05) is 19.8 Å². The predicted octanol–water partition coefficient (Wildman–Crippen LogP) is -0.169. The summed E-state index contributed by atoms with van der Waals surface area (Å²) in [6.45, 7) is 3.46. The van der Waals surface area contributed by atoms with Crippen LogP contribution in [-0.4, -0.2) is 56.9 Å². The highest BCUT2D eigenvalue weighted by Crippen LogP contribution is 2.03. The van der Waals surface area contributed by atoms with E-state index in [-0.39, 0.29) is 19.6 Å². The minimum Gasteiger partial charge on any atom is -0.466 e. The first-order valence-corrected chi connectivity index (χ1v) is 7.25. The molecule has 0 fully saturated rings. The maximum Gasteiger partial charge on any atom is 0.307 e. The predicted molar refractivity (Wildman–Crippen MR) is 63.2 cm³/mol. The van der Waals surface area contributed by atoms with Crippen LogP contribution in [0.5, 0.6) is 0 Å². The van der Waals surface area contributed by atoms with Crippen LogP contribution in [-0.2, 0) is 24.2 Å². The molecule has 1 amide bonds. The summed E-state index contributed by atoms with van der Waals surface area (Å²) in [6, 6.07) is 0. The molecule has 0 saturated heterocycles. The van der Waals surface area contributed by atoms with Gasteiger partial charge in [0.25, 0.3) is 0 Å². The summed E-state index contributed by atoms with van der Waals surface area (Å²) in [6.07, 6.45) is 1.07. The van der Waals surface area contributed by atoms with Crippen LogP contribution in [0.2, 0.25) is 0 Å². The summed E-state index contributed by atoms with van der Waals surface area (Å²) in [5.41, 5.74) is 0. The van der Waals surface area contributed by atoms with Gasteiger partial charge >= 0.3 is 5.97 Å². The first-order chi connectivity index (χ1) is 7.70. The van der Waals surface area contributed by atoms with Crippen LogP contribution >= 0.6 is 0 Å². The van der Waals surface area contributed by atoms with Crippen molar-refractivity contribution in [1.29, 1.82) is 0 Å². The molecule has 0 spiro atoms. The number of hydrogen-bond acceptors (Lipinski definition) is 5. The monoisotopic (exact) mass is 265 g/mol. The van der Waals surface area contributed by atoms with Gasteiger partial charge in [-0.3, -0.25) is 9.59 Å². The number of carbonyl (C=O) groups excluding carboxylic acids is 2. The average Bonchev–Trinajstić information content (AvgIpc) is 2.23. The van der Waals surface area contributed by atoms with Crippen molar-refractivity contribution in [3.8, 4) is 0 Å². The molecular weight excluding hydrogens is 246 g/mol. The number of carbonyl (C=O) groups is 2. The van der Waals surface area contributed by atoms with E-state index in [0.717, 1.165) is 6.26 Å². The minimum absolute atomic E-state index is 0.0621. The molecule has 17 heavy (non-hydrogen) atoms. The topological polar surface area (TPSA) is 80.8 Å². The van der Waals surface area contributed by atoms with Gasteiger partial charge < -0.3 is 9.64 Å². The lowest BCUT2D eigenvalue weighted by molar-refractivity contribution is -0.143. The molecule has 0 aromatic carbocycles. The minimum atomic E-state index is -3.40. The Bertz CT molecular complexity index is 376. The van der Waals surface area contributed by atoms with Gasteiger partial charge in [-0.25, -0.2) is 8.42 Å². The Morgan fingerprint density at radius 1 is 1.35 bits per heavy atom. The van der Waals surface area contributed by atoms with E-state index in [1.165, 1.54) is 18.9 Å². The fourth-order valence-electron chi connectivity index (χ4n) is 1.10. The molecule has 1 atom stereocenters. The summed E-state index contributed by atoms with van der Waals surface area (Å²) < 4.78 is 27.1. The summed E-state index contributed by atoms with van der Waals surface area (Å²) >= 11 is 0. The van der Waals surface area contributed by atoms with Crippen molar-refractivity contribution >= 4 is 21.7 Å². The van der Waals surface area contributed by atoms with Crippen molar-refractivity contribution in [1.82, 2.24) is 4.90 Å². The van der Waals surface area contributed by atoms with Gasteiger partial charge in [0.05, 0.1) is 13.0 Å². The van der Waals surface area contributed by atoms with Gasteiger partial charge in [-0.1, -0.05) is 0 Å². The van der Waals surface area contributed by atoms with Crippen LogP contribution in [0.25, 0.3) is 0 Å². The molecule has 0 bridgehead atoms. The fourth-order valence-corrected chi connectivity index (χ4v) is 1.64. The molecule has 6 nitrogen and oxygen atoms in total. The zero-order valence-electron chi connectivity index (χ0n) is 10.6. The number of sulfone groups is 1. The number of hydrogen-bond donors (Lipinski definition) is 0. The van der Waals surface area contributed by atoms with E-state index < -0.39 is 27.0 Å². The molecule has 0 saturated carbocycles. The number of ether oxygens (including phenoxy) is 1. The molecule has 0 N–H and O–H groups in total. The average molecular weight is 265 g/mol. The zero-order chi connectivity index (χ0) is 13.6. The fraction of sp³-hybridized carbons (Fsp3) is 0.800. The quantitative estimate of drug-likeness (QED) is 0.623. The van der Waals surface area contributed by atoms with E-state index >= 15 is 0 Å². The standard InChI is InChI=1S/C10H19NO5S/c1-5-16-9(12)6-7-11(3)10(13)8(2)17(4,14)15/h8H,5-7H2,1-4H3. The number of rotatable bonds is 6. The molecule has 100 valence electrons. The van der Waals surface area contributed by atoms with Crippen LogP contribution in [0.15, 0.2) is 0 Å². The maximum absolute atomic E-state index is 11.7. The van der Waals surface area contributed by atoms with E-state index in [1.807, 2.05) is 0 Å². The van der Waals surface area contributed by atoms with E-state index in [9.17, 15) is 18.0 Å². The SMILES string of the molecule is CCOC(=O)CCN(C)C(=O)C(C)S(C)(=O)=O. The second-order valence-corrected chi connectivity index (χ2v) is 6.15. The van der Waals surface area contributed by atoms with Crippen LogP contribution in [0.3, 0.4) is 0 Å². The Morgan fingerprint density at radius 3 is 2.29 bits per heavy atom. The van der Waals surface area contributed by atoms with Gasteiger partial charge in [-0.15, -0.1) is 0 Å². The normalized spacial score (nSPS) is 12.9. The Hall–Kier alpha value is -1.11. The second kappa shape index (κ2) is 6.58. The molecule has 0 aliphatic carbocycles. The molecule has 0 aliphatic heterocycles. The van der Waals surface area contributed by atoms with E-state index in [0.29, 0.717) is 0 Å². The molecule has 0 aromatic rings. The van der Waals surface area contributed by atoms with Gasteiger partial charge in [0.15, 0.2) is 9.84 Å². The van der Waals surface area contributed by atoms with Gasteiger partial charge in [0.2, 0.25) is 5.91 Å². The second-order valence-electron chi connectivity index (χ2n) is 3.79. The van der Waals surface area contributed by atoms with Crippen LogP contribution in [0.1, 0.15) is 20.3 Å². The molecule has 0 radical (unpaired) electrons. The van der Waals surface area contributed by atoms with E-state index in [2.05, 4.69) is 0 Å². The lowest BCUT2D eigenvalue weighted by Crippen LogP contribution is -2.39. The van der Waals surface area contributed by atoms with Crippen molar-refractivity contribution < 1.29 is 22.7 Å². The number of nitrogens with zero attached hydrogens (tertiary/aromatic N) is 1. The highest BCUT2D eigenvalue weighted by Gasteiger charge is 2.26. The van der Waals surface area contributed by atoms with Gasteiger partial charge in [0.1, 0.15) is 5.25 Å². The highest BCUT2D eigenvalue weighted by molar-refractivity contribution is 7.92. The summed E-state index contributed by atoms with van der Waals surface area (Å²) in [7, 11) is -1.94. The van der Waals surface area contributed by atoms with Crippen molar-refractivity contribution in [3.05, 3.63) is 0 Å². The van der Waals surface area contributed by atoms with Crippen LogP contribution in [0.4, 0.5) is 0 Å². The van der Waals surface area contributed by atoms with Crippen LogP contribution in [0, 0.1) is 0 Å². The molecule has 1 unspecified atom stereocenters. The zero-order valence-corrected chi connectivity index (χ0v) is 11.4. The van der Waals surface area contributed by atoms with Gasteiger partial charge in [-0.05, 0) is 13.8 Å². The Labute approximate surface area is 102 Å². The third-order valence-electron chi connectivity index (χ3n) is 2.32. The Morgan fingerprint density at radius 2 is 1.88 bits per heavy atom. The number of esters is 1. The highest BCUT2D eigenvalue weighted by atomic mass is 32.2. The summed E-state index contributed by atoms with van der Waals surface area (Å²) in [5.74, 6) is -0.920. The van der Waals surface area contributed by atoms with E-state index in [1.54, 1.807) is 6.92 Å². The molecule has 0 heterocycles. The lowest BCUT2D eigenvalue weighted by atomic mass is 10.3.